The summed E-state index contributed by atoms with van der Waals surface area (Å²) >= 11 is 22.9. The first-order valence-corrected chi connectivity index (χ1v) is 10.4. The molecule has 0 spiro atoms. The summed E-state index contributed by atoms with van der Waals surface area (Å²) in [6.07, 6.45) is 0. The van der Waals surface area contributed by atoms with Crippen molar-refractivity contribution in [3.8, 4) is 11.5 Å². The van der Waals surface area contributed by atoms with Crippen LogP contribution in [0.5, 0.6) is 0 Å². The van der Waals surface area contributed by atoms with Gasteiger partial charge in [-0.2, -0.15) is 0 Å². The number of thiocarbonyl (C=S) groups is 1. The van der Waals surface area contributed by atoms with Gasteiger partial charge in [0.05, 0.1) is 20.6 Å². The Kier molecular flexibility index (Phi) is 6.30. The third-order valence-electron chi connectivity index (χ3n) is 4.29. The number of nitrogens with one attached hydrogen (secondary N) is 2. The Morgan fingerprint density at radius 2 is 1.69 bits per heavy atom. The van der Waals surface area contributed by atoms with E-state index in [0.717, 1.165) is 12.1 Å². The van der Waals surface area contributed by atoms with Crippen LogP contribution in [-0.4, -0.2) is 16.0 Å². The molecule has 32 heavy (non-hydrogen) atoms. The normalized spacial score (nSPS) is 10.9. The summed E-state index contributed by atoms with van der Waals surface area (Å²) in [7, 11) is 0. The van der Waals surface area contributed by atoms with Crippen LogP contribution >= 0.6 is 47.0 Å². The van der Waals surface area contributed by atoms with Gasteiger partial charge < -0.3 is 9.73 Å². The highest BCUT2D eigenvalue weighted by Crippen LogP contribution is 2.32. The van der Waals surface area contributed by atoms with Gasteiger partial charge in [-0.25, -0.2) is 13.8 Å². The monoisotopic (exact) mass is 511 g/mol. The fourth-order valence-electron chi connectivity index (χ4n) is 2.78. The second-order valence-electron chi connectivity index (χ2n) is 6.48. The number of aromatic nitrogens is 1. The first kappa shape index (κ1) is 22.4. The molecule has 0 aliphatic rings. The first-order chi connectivity index (χ1) is 15.2. The number of halogens is 5. The van der Waals surface area contributed by atoms with Crippen LogP contribution in [0.4, 0.5) is 14.5 Å². The standard InChI is InChI=1S/C21H10Cl3F2N3O2S/c22-12-3-1-9(5-14(12)24)19(30)29-21(32)27-10-2-4-18-17(6-10)28-20(31-18)11-7-15(25)16(26)8-13(11)23/h1-8H,(H2,27,29,30,32). The molecule has 0 fully saturated rings. The van der Waals surface area contributed by atoms with Crippen molar-refractivity contribution in [2.24, 2.45) is 0 Å². The summed E-state index contributed by atoms with van der Waals surface area (Å²) in [5.41, 5.74) is 1.69. The number of hydrogen-bond acceptors (Lipinski definition) is 4. The summed E-state index contributed by atoms with van der Waals surface area (Å²) in [4.78, 5) is 16.6. The number of amides is 1. The van der Waals surface area contributed by atoms with Crippen LogP contribution in [0.2, 0.25) is 15.1 Å². The lowest BCUT2D eigenvalue weighted by atomic mass is 10.2. The molecular weight excluding hydrogens is 503 g/mol. The van der Waals surface area contributed by atoms with Crippen molar-refractivity contribution in [1.29, 1.82) is 0 Å². The Hall–Kier alpha value is -2.78. The van der Waals surface area contributed by atoms with Gasteiger partial charge in [-0.1, -0.05) is 34.8 Å². The predicted molar refractivity (Wildman–Crippen MR) is 125 cm³/mol. The van der Waals surface area contributed by atoms with E-state index in [2.05, 4.69) is 15.6 Å². The molecule has 0 radical (unpaired) electrons. The zero-order valence-corrected chi connectivity index (χ0v) is 18.8. The van der Waals surface area contributed by atoms with Crippen LogP contribution in [0.25, 0.3) is 22.6 Å². The Morgan fingerprint density at radius 3 is 2.44 bits per heavy atom. The molecule has 0 atom stereocenters. The molecular formula is C21H10Cl3F2N3O2S. The minimum atomic E-state index is -1.07. The van der Waals surface area contributed by atoms with Crippen LogP contribution in [0, 0.1) is 11.6 Å². The number of benzene rings is 3. The molecule has 0 unspecified atom stereocenters. The van der Waals surface area contributed by atoms with Gasteiger partial charge in [-0.3, -0.25) is 10.1 Å². The molecule has 2 N–H and O–H groups in total. The smallest absolute Gasteiger partial charge is 0.257 e. The first-order valence-electron chi connectivity index (χ1n) is 8.84. The number of carbonyl (C=O) groups is 1. The minimum Gasteiger partial charge on any atom is -0.436 e. The zero-order valence-electron chi connectivity index (χ0n) is 15.7. The molecule has 11 heteroatoms. The molecule has 1 aromatic heterocycles. The van der Waals surface area contributed by atoms with Gasteiger partial charge in [0.1, 0.15) is 5.52 Å². The van der Waals surface area contributed by atoms with E-state index in [1.165, 1.54) is 18.2 Å². The average molecular weight is 513 g/mol. The molecule has 0 aliphatic carbocycles. The Labute approximate surface area is 200 Å². The summed E-state index contributed by atoms with van der Waals surface area (Å²) in [6, 6.07) is 11.1. The quantitative estimate of drug-likeness (QED) is 0.232. The molecule has 162 valence electrons. The van der Waals surface area contributed by atoms with Gasteiger partial charge in [0.2, 0.25) is 5.89 Å². The molecule has 0 bridgehead atoms. The molecule has 5 nitrogen and oxygen atoms in total. The number of hydrogen-bond donors (Lipinski definition) is 2. The van der Waals surface area contributed by atoms with Crippen molar-refractivity contribution in [2.45, 2.75) is 0 Å². The highest BCUT2D eigenvalue weighted by Gasteiger charge is 2.16. The lowest BCUT2D eigenvalue weighted by Crippen LogP contribution is -2.34. The van der Waals surface area contributed by atoms with E-state index in [4.69, 9.17) is 51.4 Å². The maximum Gasteiger partial charge on any atom is 0.257 e. The van der Waals surface area contributed by atoms with E-state index < -0.39 is 17.5 Å². The lowest BCUT2D eigenvalue weighted by molar-refractivity contribution is 0.0977. The summed E-state index contributed by atoms with van der Waals surface area (Å²) in [6.45, 7) is 0. The maximum atomic E-state index is 13.6. The molecule has 4 aromatic rings. The van der Waals surface area contributed by atoms with Gasteiger partial charge in [0.25, 0.3) is 5.91 Å². The van der Waals surface area contributed by atoms with E-state index in [-0.39, 0.29) is 32.2 Å². The van der Waals surface area contributed by atoms with Crippen molar-refractivity contribution >= 4 is 74.8 Å². The van der Waals surface area contributed by atoms with Gasteiger partial charge in [0.15, 0.2) is 22.3 Å². The molecule has 0 saturated carbocycles. The average Bonchev–Trinajstić information content (AvgIpc) is 3.15. The van der Waals surface area contributed by atoms with Gasteiger partial charge in [-0.05, 0) is 60.7 Å². The minimum absolute atomic E-state index is 0.0246. The number of nitrogens with zero attached hydrogens (tertiary/aromatic N) is 1. The van der Waals surface area contributed by atoms with Crippen LogP contribution in [0.3, 0.4) is 0 Å². The number of oxazole rings is 1. The van der Waals surface area contributed by atoms with Crippen molar-refractivity contribution in [3.05, 3.63) is 80.8 Å². The molecule has 0 aliphatic heterocycles. The van der Waals surface area contributed by atoms with Crippen molar-refractivity contribution in [1.82, 2.24) is 10.3 Å². The third kappa shape index (κ3) is 4.68. The second kappa shape index (κ2) is 8.99. The van der Waals surface area contributed by atoms with Crippen LogP contribution in [0.1, 0.15) is 10.4 Å². The summed E-state index contributed by atoms with van der Waals surface area (Å²) < 4.78 is 32.5. The molecule has 1 amide bonds. The van der Waals surface area contributed by atoms with E-state index in [9.17, 15) is 13.6 Å². The Morgan fingerprint density at radius 1 is 0.938 bits per heavy atom. The van der Waals surface area contributed by atoms with Crippen molar-refractivity contribution < 1.29 is 18.0 Å². The van der Waals surface area contributed by atoms with E-state index in [1.54, 1.807) is 18.2 Å². The zero-order chi connectivity index (χ0) is 23.0. The number of rotatable bonds is 3. The number of fused-ring (bicyclic) bond motifs is 1. The molecule has 1 heterocycles. The SMILES string of the molecule is O=C(NC(=S)Nc1ccc2oc(-c3cc(F)c(F)cc3Cl)nc2c1)c1ccc(Cl)c(Cl)c1. The van der Waals surface area contributed by atoms with E-state index in [0.29, 0.717) is 21.8 Å². The molecule has 0 saturated heterocycles. The maximum absolute atomic E-state index is 13.6. The highest BCUT2D eigenvalue weighted by atomic mass is 35.5. The van der Waals surface area contributed by atoms with E-state index in [1.807, 2.05) is 0 Å². The van der Waals surface area contributed by atoms with Crippen LogP contribution in [0.15, 0.2) is 52.9 Å². The van der Waals surface area contributed by atoms with Gasteiger partial charge >= 0.3 is 0 Å². The highest BCUT2D eigenvalue weighted by molar-refractivity contribution is 7.80. The largest absolute Gasteiger partial charge is 0.436 e. The Balaban J connectivity index is 1.51. The lowest BCUT2D eigenvalue weighted by Gasteiger charge is -2.10. The van der Waals surface area contributed by atoms with Crippen molar-refractivity contribution in [3.63, 3.8) is 0 Å². The van der Waals surface area contributed by atoms with Gasteiger partial charge in [0, 0.05) is 11.3 Å². The number of anilines is 1. The Bertz CT molecular complexity index is 1390. The molecule has 4 rings (SSSR count). The fraction of sp³-hybridized carbons (Fsp3) is 0. The molecule has 3 aromatic carbocycles. The van der Waals surface area contributed by atoms with Gasteiger partial charge in [-0.15, -0.1) is 0 Å². The predicted octanol–water partition coefficient (Wildman–Crippen LogP) is 6.86. The number of carbonyl (C=O) groups excluding carboxylic acids is 1. The topological polar surface area (TPSA) is 67.2 Å². The fourth-order valence-corrected chi connectivity index (χ4v) is 3.52. The van der Waals surface area contributed by atoms with E-state index >= 15 is 0 Å². The third-order valence-corrected chi connectivity index (χ3v) is 5.55. The second-order valence-corrected chi connectivity index (χ2v) is 8.11. The van der Waals surface area contributed by atoms with Crippen molar-refractivity contribution in [2.75, 3.05) is 5.32 Å². The van der Waals surface area contributed by atoms with Crippen LogP contribution < -0.4 is 10.6 Å². The summed E-state index contributed by atoms with van der Waals surface area (Å²) in [5, 5.41) is 5.95. The summed E-state index contributed by atoms with van der Waals surface area (Å²) in [5.74, 6) is -2.59. The van der Waals surface area contributed by atoms with Crippen LogP contribution in [-0.2, 0) is 0 Å².